The summed E-state index contributed by atoms with van der Waals surface area (Å²) in [6, 6.07) is 8.20. The van der Waals surface area contributed by atoms with E-state index in [1.165, 1.54) is 24.9 Å². The van der Waals surface area contributed by atoms with Crippen molar-refractivity contribution in [3.8, 4) is 0 Å². The van der Waals surface area contributed by atoms with Gasteiger partial charge < -0.3 is 4.90 Å². The summed E-state index contributed by atoms with van der Waals surface area (Å²) in [4.78, 5) is 6.61. The molecule has 0 atom stereocenters. The SMILES string of the molecule is CCN=C(NO)c1ccc(N2CCCCC2)cc1. The Bertz CT molecular complexity index is 394. The number of amidine groups is 1. The van der Waals surface area contributed by atoms with Gasteiger partial charge in [-0.1, -0.05) is 0 Å². The summed E-state index contributed by atoms with van der Waals surface area (Å²) in [5.41, 5.74) is 4.33. The van der Waals surface area contributed by atoms with Gasteiger partial charge in [-0.05, 0) is 50.5 Å². The van der Waals surface area contributed by atoms with Gasteiger partial charge in [-0.3, -0.25) is 15.7 Å². The molecule has 0 aliphatic carbocycles. The minimum atomic E-state index is 0.530. The van der Waals surface area contributed by atoms with Gasteiger partial charge in [0.1, 0.15) is 0 Å². The normalized spacial score (nSPS) is 16.8. The summed E-state index contributed by atoms with van der Waals surface area (Å²) in [6.45, 7) is 4.89. The topological polar surface area (TPSA) is 47.9 Å². The van der Waals surface area contributed by atoms with Gasteiger partial charge in [-0.25, -0.2) is 0 Å². The lowest BCUT2D eigenvalue weighted by molar-refractivity contribution is 0.234. The van der Waals surface area contributed by atoms with E-state index in [1.807, 2.05) is 19.1 Å². The first-order chi connectivity index (χ1) is 8.85. The molecule has 4 heteroatoms. The Morgan fingerprint density at radius 1 is 1.22 bits per heavy atom. The lowest BCUT2D eigenvalue weighted by Gasteiger charge is -2.28. The molecule has 0 saturated carbocycles. The van der Waals surface area contributed by atoms with E-state index in [2.05, 4.69) is 27.5 Å². The Balaban J connectivity index is 2.11. The smallest absolute Gasteiger partial charge is 0.152 e. The second-order valence-corrected chi connectivity index (χ2v) is 4.53. The van der Waals surface area contributed by atoms with Crippen molar-refractivity contribution in [3.05, 3.63) is 29.8 Å². The van der Waals surface area contributed by atoms with Crippen LogP contribution in [0.25, 0.3) is 0 Å². The number of hydroxylamine groups is 1. The largest absolute Gasteiger partial charge is 0.372 e. The summed E-state index contributed by atoms with van der Waals surface area (Å²) < 4.78 is 0. The third-order valence-electron chi connectivity index (χ3n) is 3.28. The first-order valence-electron chi connectivity index (χ1n) is 6.65. The van der Waals surface area contributed by atoms with Crippen molar-refractivity contribution in [2.45, 2.75) is 26.2 Å². The number of nitrogens with one attached hydrogen (secondary N) is 1. The number of benzene rings is 1. The molecule has 0 aromatic heterocycles. The number of hydrogen-bond acceptors (Lipinski definition) is 3. The summed E-state index contributed by atoms with van der Waals surface area (Å²) in [6.07, 6.45) is 3.90. The summed E-state index contributed by atoms with van der Waals surface area (Å²) in [7, 11) is 0. The van der Waals surface area contributed by atoms with Crippen molar-refractivity contribution in [2.75, 3.05) is 24.5 Å². The molecule has 4 nitrogen and oxygen atoms in total. The first kappa shape index (κ1) is 12.9. The van der Waals surface area contributed by atoms with Crippen molar-refractivity contribution in [1.29, 1.82) is 0 Å². The number of hydrogen-bond donors (Lipinski definition) is 2. The van der Waals surface area contributed by atoms with Gasteiger partial charge in [0.15, 0.2) is 5.84 Å². The van der Waals surface area contributed by atoms with E-state index in [9.17, 15) is 0 Å². The van der Waals surface area contributed by atoms with Gasteiger partial charge >= 0.3 is 0 Å². The molecule has 18 heavy (non-hydrogen) atoms. The monoisotopic (exact) mass is 247 g/mol. The molecule has 0 amide bonds. The van der Waals surface area contributed by atoms with Crippen LogP contribution in [-0.2, 0) is 0 Å². The van der Waals surface area contributed by atoms with Gasteiger partial charge in [0, 0.05) is 30.9 Å². The molecule has 0 bridgehead atoms. The number of aliphatic imine (C=N–C) groups is 1. The highest BCUT2D eigenvalue weighted by Crippen LogP contribution is 2.20. The molecule has 1 heterocycles. The van der Waals surface area contributed by atoms with Crippen LogP contribution < -0.4 is 10.4 Å². The molecule has 2 N–H and O–H groups in total. The summed E-state index contributed by atoms with van der Waals surface area (Å²) in [5, 5.41) is 9.04. The van der Waals surface area contributed by atoms with E-state index in [0.717, 1.165) is 18.7 Å². The van der Waals surface area contributed by atoms with Crippen LogP contribution in [0.3, 0.4) is 0 Å². The maximum absolute atomic E-state index is 9.04. The maximum Gasteiger partial charge on any atom is 0.152 e. The molecule has 0 radical (unpaired) electrons. The van der Waals surface area contributed by atoms with Crippen LogP contribution in [0, 0.1) is 0 Å². The fourth-order valence-electron chi connectivity index (χ4n) is 2.33. The molecule has 1 saturated heterocycles. The summed E-state index contributed by atoms with van der Waals surface area (Å²) >= 11 is 0. The number of nitrogens with zero attached hydrogens (tertiary/aromatic N) is 2. The van der Waals surface area contributed by atoms with Crippen LogP contribution in [0.1, 0.15) is 31.7 Å². The molecule has 0 unspecified atom stereocenters. The van der Waals surface area contributed by atoms with Crippen LogP contribution in [0.4, 0.5) is 5.69 Å². The van der Waals surface area contributed by atoms with Crippen molar-refractivity contribution >= 4 is 11.5 Å². The van der Waals surface area contributed by atoms with E-state index >= 15 is 0 Å². The molecule has 1 aliphatic heterocycles. The fourth-order valence-corrected chi connectivity index (χ4v) is 2.33. The fraction of sp³-hybridized carbons (Fsp3) is 0.500. The zero-order valence-corrected chi connectivity index (χ0v) is 10.9. The second kappa shape index (κ2) is 6.40. The van der Waals surface area contributed by atoms with E-state index in [0.29, 0.717) is 12.4 Å². The minimum absolute atomic E-state index is 0.530. The Kier molecular flexibility index (Phi) is 4.59. The van der Waals surface area contributed by atoms with E-state index in [4.69, 9.17) is 5.21 Å². The van der Waals surface area contributed by atoms with Gasteiger partial charge in [0.05, 0.1) is 0 Å². The van der Waals surface area contributed by atoms with Crippen LogP contribution in [0.15, 0.2) is 29.3 Å². The molecular weight excluding hydrogens is 226 g/mol. The molecule has 1 aromatic rings. The summed E-state index contributed by atoms with van der Waals surface area (Å²) in [5.74, 6) is 0.530. The average Bonchev–Trinajstić information content (AvgIpc) is 2.46. The van der Waals surface area contributed by atoms with Crippen LogP contribution in [0.5, 0.6) is 0 Å². The Labute approximate surface area is 108 Å². The predicted molar refractivity (Wildman–Crippen MR) is 74.5 cm³/mol. The minimum Gasteiger partial charge on any atom is -0.372 e. The van der Waals surface area contributed by atoms with Crippen LogP contribution in [0.2, 0.25) is 0 Å². The van der Waals surface area contributed by atoms with Crippen molar-refractivity contribution in [1.82, 2.24) is 5.48 Å². The Hall–Kier alpha value is -1.55. The standard InChI is InChI=1S/C14H21N3O/c1-2-15-14(16-18)12-6-8-13(9-7-12)17-10-4-3-5-11-17/h6-9,18H,2-5,10-11H2,1H3,(H,15,16). The first-order valence-corrected chi connectivity index (χ1v) is 6.65. The quantitative estimate of drug-likeness (QED) is 0.490. The third kappa shape index (κ3) is 3.01. The van der Waals surface area contributed by atoms with Gasteiger partial charge in [-0.2, -0.15) is 0 Å². The van der Waals surface area contributed by atoms with E-state index in [1.54, 1.807) is 0 Å². The van der Waals surface area contributed by atoms with E-state index in [-0.39, 0.29) is 0 Å². The number of anilines is 1. The molecule has 1 aliphatic rings. The maximum atomic E-state index is 9.04. The lowest BCUT2D eigenvalue weighted by Crippen LogP contribution is -2.29. The number of piperidine rings is 1. The average molecular weight is 247 g/mol. The van der Waals surface area contributed by atoms with Crippen molar-refractivity contribution in [3.63, 3.8) is 0 Å². The molecular formula is C14H21N3O. The van der Waals surface area contributed by atoms with E-state index < -0.39 is 0 Å². The molecule has 2 rings (SSSR count). The lowest BCUT2D eigenvalue weighted by atomic mass is 10.1. The highest BCUT2D eigenvalue weighted by molar-refractivity contribution is 5.98. The molecule has 0 spiro atoms. The molecule has 98 valence electrons. The van der Waals surface area contributed by atoms with Crippen molar-refractivity contribution < 1.29 is 5.21 Å². The second-order valence-electron chi connectivity index (χ2n) is 4.53. The predicted octanol–water partition coefficient (Wildman–Crippen LogP) is 2.42. The van der Waals surface area contributed by atoms with Gasteiger partial charge in [-0.15, -0.1) is 0 Å². The highest BCUT2D eigenvalue weighted by atomic mass is 16.5. The third-order valence-corrected chi connectivity index (χ3v) is 3.28. The van der Waals surface area contributed by atoms with Gasteiger partial charge in [0.2, 0.25) is 0 Å². The Morgan fingerprint density at radius 3 is 2.44 bits per heavy atom. The zero-order chi connectivity index (χ0) is 12.8. The van der Waals surface area contributed by atoms with Crippen LogP contribution >= 0.6 is 0 Å². The highest BCUT2D eigenvalue weighted by Gasteiger charge is 2.11. The molecule has 1 fully saturated rings. The van der Waals surface area contributed by atoms with Crippen molar-refractivity contribution in [2.24, 2.45) is 4.99 Å². The molecule has 1 aromatic carbocycles. The Morgan fingerprint density at radius 2 is 1.89 bits per heavy atom. The zero-order valence-electron chi connectivity index (χ0n) is 10.9. The van der Waals surface area contributed by atoms with Gasteiger partial charge in [0.25, 0.3) is 0 Å². The number of rotatable bonds is 3. The van der Waals surface area contributed by atoms with Crippen LogP contribution in [-0.4, -0.2) is 30.7 Å².